The average molecular weight is 254 g/mol. The van der Waals surface area contributed by atoms with Crippen molar-refractivity contribution >= 4 is 11.6 Å². The van der Waals surface area contributed by atoms with Crippen LogP contribution in [0.4, 0.5) is 4.39 Å². The minimum atomic E-state index is -0.317. The van der Waals surface area contributed by atoms with Crippen molar-refractivity contribution in [2.75, 3.05) is 0 Å². The third-order valence-corrected chi connectivity index (χ3v) is 2.91. The minimum Gasteiger partial charge on any atom is -0.448 e. The summed E-state index contributed by atoms with van der Waals surface area (Å²) in [6.07, 6.45) is 0.521. The number of benzene rings is 1. The van der Waals surface area contributed by atoms with Gasteiger partial charge in [-0.2, -0.15) is 0 Å². The molecule has 90 valence electrons. The van der Waals surface area contributed by atoms with Gasteiger partial charge >= 0.3 is 0 Å². The number of nitrogens with two attached hydrogens (primary N) is 1. The summed E-state index contributed by atoms with van der Waals surface area (Å²) in [5.41, 5.74) is 7.88. The maximum absolute atomic E-state index is 13.1. The van der Waals surface area contributed by atoms with Crippen molar-refractivity contribution in [1.29, 1.82) is 0 Å². The summed E-state index contributed by atoms with van der Waals surface area (Å²) in [4.78, 5) is 0. The van der Waals surface area contributed by atoms with E-state index in [-0.39, 0.29) is 11.9 Å². The Labute approximate surface area is 104 Å². The van der Waals surface area contributed by atoms with Crippen molar-refractivity contribution < 1.29 is 8.81 Å². The Morgan fingerprint density at radius 2 is 2.12 bits per heavy atom. The second-order valence-corrected chi connectivity index (χ2v) is 4.40. The molecule has 2 nitrogen and oxygen atoms in total. The molecule has 1 heterocycles. The van der Waals surface area contributed by atoms with Gasteiger partial charge in [0.2, 0.25) is 0 Å². The highest BCUT2D eigenvalue weighted by Crippen LogP contribution is 2.23. The molecule has 4 heteroatoms. The Morgan fingerprint density at radius 3 is 2.76 bits per heavy atom. The van der Waals surface area contributed by atoms with Crippen LogP contribution in [0.1, 0.15) is 22.9 Å². The van der Waals surface area contributed by atoms with Crippen LogP contribution in [0.15, 0.2) is 34.7 Å². The number of hydrogen-bond acceptors (Lipinski definition) is 2. The van der Waals surface area contributed by atoms with E-state index in [1.807, 2.05) is 6.92 Å². The fourth-order valence-corrected chi connectivity index (χ4v) is 1.88. The van der Waals surface area contributed by atoms with Crippen molar-refractivity contribution in [3.8, 4) is 0 Å². The second-order valence-electron chi connectivity index (χ2n) is 4.02. The lowest BCUT2D eigenvalue weighted by Crippen LogP contribution is -2.13. The number of halogens is 2. The van der Waals surface area contributed by atoms with Crippen LogP contribution in [0.3, 0.4) is 0 Å². The molecule has 1 atom stereocenters. The Balaban J connectivity index is 2.18. The first-order valence-corrected chi connectivity index (χ1v) is 5.70. The van der Waals surface area contributed by atoms with E-state index in [1.165, 1.54) is 12.1 Å². The standard InChI is InChI=1S/C13H13ClFNO/c1-8-2-3-10(15)6-9(8)7-11(16)12-4-5-13(14)17-12/h2-6,11H,7,16H2,1H3. The fraction of sp³-hybridized carbons (Fsp3) is 0.231. The molecule has 0 bridgehead atoms. The van der Waals surface area contributed by atoms with Gasteiger partial charge < -0.3 is 10.2 Å². The zero-order valence-corrected chi connectivity index (χ0v) is 10.2. The second kappa shape index (κ2) is 4.90. The molecule has 0 aliphatic carbocycles. The smallest absolute Gasteiger partial charge is 0.193 e. The third-order valence-electron chi connectivity index (χ3n) is 2.71. The fourth-order valence-electron chi connectivity index (χ4n) is 1.73. The number of rotatable bonds is 3. The maximum Gasteiger partial charge on any atom is 0.193 e. The van der Waals surface area contributed by atoms with Gasteiger partial charge in [-0.05, 0) is 60.3 Å². The van der Waals surface area contributed by atoms with Crippen LogP contribution in [0, 0.1) is 12.7 Å². The summed E-state index contributed by atoms with van der Waals surface area (Å²) in [7, 11) is 0. The van der Waals surface area contributed by atoms with Crippen molar-refractivity contribution in [2.45, 2.75) is 19.4 Å². The van der Waals surface area contributed by atoms with Gasteiger partial charge in [0.15, 0.2) is 5.22 Å². The van der Waals surface area contributed by atoms with Gasteiger partial charge in [0, 0.05) is 0 Å². The van der Waals surface area contributed by atoms with Crippen LogP contribution in [-0.4, -0.2) is 0 Å². The first kappa shape index (κ1) is 12.1. The molecule has 0 radical (unpaired) electrons. The summed E-state index contributed by atoms with van der Waals surface area (Å²) >= 11 is 5.68. The molecule has 0 saturated heterocycles. The minimum absolute atomic E-state index is 0.254. The van der Waals surface area contributed by atoms with E-state index in [9.17, 15) is 4.39 Å². The highest BCUT2D eigenvalue weighted by atomic mass is 35.5. The van der Waals surface area contributed by atoms with Crippen molar-refractivity contribution in [3.63, 3.8) is 0 Å². The highest BCUT2D eigenvalue weighted by molar-refractivity contribution is 6.28. The van der Waals surface area contributed by atoms with Crippen LogP contribution < -0.4 is 5.73 Å². The predicted molar refractivity (Wildman–Crippen MR) is 65.5 cm³/mol. The van der Waals surface area contributed by atoms with Gasteiger partial charge in [0.05, 0.1) is 6.04 Å². The van der Waals surface area contributed by atoms with E-state index < -0.39 is 0 Å². The van der Waals surface area contributed by atoms with Gasteiger partial charge in [-0.25, -0.2) is 4.39 Å². The molecule has 1 aromatic heterocycles. The Morgan fingerprint density at radius 1 is 1.35 bits per heavy atom. The first-order valence-electron chi connectivity index (χ1n) is 5.32. The van der Waals surface area contributed by atoms with Crippen LogP contribution in [-0.2, 0) is 6.42 Å². The zero-order chi connectivity index (χ0) is 12.4. The summed E-state index contributed by atoms with van der Waals surface area (Å²) in [5.74, 6) is 0.355. The van der Waals surface area contributed by atoms with Gasteiger partial charge in [-0.15, -0.1) is 0 Å². The molecule has 0 spiro atoms. The average Bonchev–Trinajstić information content (AvgIpc) is 2.70. The van der Waals surface area contributed by atoms with E-state index in [2.05, 4.69) is 0 Å². The van der Waals surface area contributed by atoms with Crippen molar-refractivity contribution in [2.24, 2.45) is 5.73 Å². The van der Waals surface area contributed by atoms with E-state index in [4.69, 9.17) is 21.8 Å². The monoisotopic (exact) mass is 253 g/mol. The normalized spacial score (nSPS) is 12.7. The predicted octanol–water partition coefficient (Wildman–Crippen LogP) is 3.62. The maximum atomic E-state index is 13.1. The largest absolute Gasteiger partial charge is 0.448 e. The van der Waals surface area contributed by atoms with Gasteiger partial charge in [0.25, 0.3) is 0 Å². The Kier molecular flexibility index (Phi) is 3.50. The zero-order valence-electron chi connectivity index (χ0n) is 9.41. The lowest BCUT2D eigenvalue weighted by atomic mass is 10.0. The van der Waals surface area contributed by atoms with E-state index in [0.29, 0.717) is 17.4 Å². The molecule has 0 aliphatic rings. The van der Waals surface area contributed by atoms with E-state index in [0.717, 1.165) is 11.1 Å². The molecule has 0 aliphatic heterocycles. The van der Waals surface area contributed by atoms with Gasteiger partial charge in [-0.3, -0.25) is 0 Å². The van der Waals surface area contributed by atoms with E-state index in [1.54, 1.807) is 18.2 Å². The molecule has 2 aromatic rings. The third kappa shape index (κ3) is 2.87. The molecule has 0 saturated carbocycles. The van der Waals surface area contributed by atoms with Crippen LogP contribution in [0.2, 0.25) is 5.22 Å². The highest BCUT2D eigenvalue weighted by Gasteiger charge is 2.13. The first-order chi connectivity index (χ1) is 8.06. The van der Waals surface area contributed by atoms with Crippen molar-refractivity contribution in [1.82, 2.24) is 0 Å². The van der Waals surface area contributed by atoms with Gasteiger partial charge in [-0.1, -0.05) is 6.07 Å². The van der Waals surface area contributed by atoms with Crippen LogP contribution >= 0.6 is 11.6 Å². The summed E-state index contributed by atoms with van der Waals surface area (Å²) in [5, 5.41) is 0.311. The SMILES string of the molecule is Cc1ccc(F)cc1CC(N)c1ccc(Cl)o1. The van der Waals surface area contributed by atoms with Crippen LogP contribution in [0.25, 0.3) is 0 Å². The summed E-state index contributed by atoms with van der Waals surface area (Å²) < 4.78 is 18.4. The molecule has 0 fully saturated rings. The summed E-state index contributed by atoms with van der Waals surface area (Å²) in [6, 6.07) is 7.75. The van der Waals surface area contributed by atoms with Crippen molar-refractivity contribution in [3.05, 3.63) is 58.3 Å². The number of furan rings is 1. The summed E-state index contributed by atoms with van der Waals surface area (Å²) in [6.45, 7) is 1.93. The van der Waals surface area contributed by atoms with Crippen LogP contribution in [0.5, 0.6) is 0 Å². The molecule has 2 N–H and O–H groups in total. The Hall–Kier alpha value is -1.32. The van der Waals surface area contributed by atoms with E-state index >= 15 is 0 Å². The van der Waals surface area contributed by atoms with Gasteiger partial charge in [0.1, 0.15) is 11.6 Å². The molecule has 1 unspecified atom stereocenters. The quantitative estimate of drug-likeness (QED) is 0.907. The lowest BCUT2D eigenvalue weighted by Gasteiger charge is -2.11. The molecule has 1 aromatic carbocycles. The molecular weight excluding hydrogens is 241 g/mol. The number of aryl methyl sites for hydroxylation is 1. The Bertz CT molecular complexity index is 524. The molecule has 2 rings (SSSR count). The molecule has 0 amide bonds. The topological polar surface area (TPSA) is 39.2 Å². The lowest BCUT2D eigenvalue weighted by molar-refractivity contribution is 0.465. The molecular formula is C13H13ClFNO. The molecule has 17 heavy (non-hydrogen) atoms. The number of hydrogen-bond donors (Lipinski definition) is 1.